The molecule has 1 aromatic rings. The van der Waals surface area contributed by atoms with Gasteiger partial charge in [0.05, 0.1) is 6.54 Å². The number of likely N-dealkylation sites (N-methyl/N-ethyl adjacent to an activating group) is 1. The maximum absolute atomic E-state index is 11.7. The summed E-state index contributed by atoms with van der Waals surface area (Å²) in [6.45, 7) is 3.08. The van der Waals surface area contributed by atoms with Crippen molar-refractivity contribution in [3.8, 4) is 0 Å². The van der Waals surface area contributed by atoms with E-state index >= 15 is 0 Å². The summed E-state index contributed by atoms with van der Waals surface area (Å²) in [7, 11) is 1.67. The maximum atomic E-state index is 11.7. The van der Waals surface area contributed by atoms with E-state index in [1.54, 1.807) is 7.05 Å². The number of nitrogens with one attached hydrogen (secondary N) is 2. The minimum absolute atomic E-state index is 0.0443. The van der Waals surface area contributed by atoms with Crippen LogP contribution in [0.4, 0.5) is 0 Å². The Labute approximate surface area is 109 Å². The van der Waals surface area contributed by atoms with Crippen LogP contribution in [0, 0.1) is 0 Å². The first kappa shape index (κ1) is 12.6. The van der Waals surface area contributed by atoms with Crippen LogP contribution in [-0.4, -0.2) is 43.5 Å². The molecule has 1 aromatic heterocycles. The summed E-state index contributed by atoms with van der Waals surface area (Å²) in [6, 6.07) is 3.66. The van der Waals surface area contributed by atoms with Crippen LogP contribution < -0.4 is 10.6 Å². The van der Waals surface area contributed by atoms with Crippen molar-refractivity contribution in [1.82, 2.24) is 15.5 Å². The van der Waals surface area contributed by atoms with Gasteiger partial charge in [0.25, 0.3) is 0 Å². The van der Waals surface area contributed by atoms with Gasteiger partial charge in [0.15, 0.2) is 4.67 Å². The molecule has 1 aliphatic rings. The number of carbonyl (C=O) groups excluding carboxylic acids is 1. The lowest BCUT2D eigenvalue weighted by Gasteiger charge is -2.34. The van der Waals surface area contributed by atoms with Crippen molar-refractivity contribution in [2.24, 2.45) is 0 Å². The number of piperazine rings is 1. The van der Waals surface area contributed by atoms with Gasteiger partial charge in [-0.15, -0.1) is 0 Å². The predicted octanol–water partition coefficient (Wildman–Crippen LogP) is 0.562. The van der Waals surface area contributed by atoms with Gasteiger partial charge in [-0.3, -0.25) is 9.69 Å². The van der Waals surface area contributed by atoms with Crippen LogP contribution in [0.1, 0.15) is 5.76 Å². The molecule has 0 aromatic carbocycles. The Morgan fingerprint density at radius 1 is 1.71 bits per heavy atom. The first-order valence-electron chi connectivity index (χ1n) is 5.61. The maximum Gasteiger partial charge on any atom is 0.238 e. The number of hydrogen-bond acceptors (Lipinski definition) is 4. The fraction of sp³-hybridized carbons (Fsp3) is 0.545. The lowest BCUT2D eigenvalue weighted by molar-refractivity contribution is -0.126. The van der Waals surface area contributed by atoms with E-state index in [2.05, 4.69) is 31.5 Å². The fourth-order valence-electron chi connectivity index (χ4n) is 2.00. The Morgan fingerprint density at radius 2 is 2.53 bits per heavy atom. The van der Waals surface area contributed by atoms with Crippen molar-refractivity contribution in [2.45, 2.75) is 12.6 Å². The van der Waals surface area contributed by atoms with Gasteiger partial charge in [0.1, 0.15) is 11.8 Å². The summed E-state index contributed by atoms with van der Waals surface area (Å²) in [4.78, 5) is 13.9. The molecule has 2 rings (SSSR count). The van der Waals surface area contributed by atoms with Crippen LogP contribution >= 0.6 is 15.9 Å². The number of halogens is 1. The van der Waals surface area contributed by atoms with Gasteiger partial charge in [0, 0.05) is 26.7 Å². The normalized spacial score (nSPS) is 21.4. The van der Waals surface area contributed by atoms with E-state index in [1.807, 2.05) is 12.1 Å². The molecule has 6 heteroatoms. The van der Waals surface area contributed by atoms with Crippen LogP contribution in [-0.2, 0) is 11.3 Å². The zero-order valence-corrected chi connectivity index (χ0v) is 11.3. The molecule has 1 unspecified atom stereocenters. The van der Waals surface area contributed by atoms with Crippen LogP contribution in [0.2, 0.25) is 0 Å². The third-order valence-corrected chi connectivity index (χ3v) is 3.32. The van der Waals surface area contributed by atoms with E-state index < -0.39 is 0 Å². The van der Waals surface area contributed by atoms with Gasteiger partial charge in [-0.25, -0.2) is 0 Å². The molecule has 0 radical (unpaired) electrons. The van der Waals surface area contributed by atoms with Crippen LogP contribution in [0.15, 0.2) is 21.2 Å². The average molecular weight is 302 g/mol. The lowest BCUT2D eigenvalue weighted by atomic mass is 10.1. The standard InChI is InChI=1S/C11H16BrN3O2/c1-13-11(16)9-6-14-4-5-15(9)7-8-2-3-10(12)17-8/h2-3,9,14H,4-7H2,1H3,(H,13,16). The summed E-state index contributed by atoms with van der Waals surface area (Å²) in [5, 5.41) is 5.92. The molecule has 1 amide bonds. The van der Waals surface area contributed by atoms with Crippen molar-refractivity contribution in [2.75, 3.05) is 26.7 Å². The molecular weight excluding hydrogens is 286 g/mol. The van der Waals surface area contributed by atoms with E-state index in [0.717, 1.165) is 23.5 Å². The monoisotopic (exact) mass is 301 g/mol. The van der Waals surface area contributed by atoms with Crippen molar-refractivity contribution >= 4 is 21.8 Å². The second-order valence-corrected chi connectivity index (χ2v) is 4.79. The fourth-order valence-corrected chi connectivity index (χ4v) is 2.34. The molecule has 0 bridgehead atoms. The molecule has 5 nitrogen and oxygen atoms in total. The zero-order chi connectivity index (χ0) is 12.3. The Morgan fingerprint density at radius 3 is 3.18 bits per heavy atom. The molecule has 1 atom stereocenters. The second-order valence-electron chi connectivity index (χ2n) is 4.01. The van der Waals surface area contributed by atoms with Gasteiger partial charge in [-0.2, -0.15) is 0 Å². The average Bonchev–Trinajstić information content (AvgIpc) is 2.74. The number of carbonyl (C=O) groups is 1. The lowest BCUT2D eigenvalue weighted by Crippen LogP contribution is -2.56. The molecule has 94 valence electrons. The number of amides is 1. The Bertz CT molecular complexity index is 394. The number of nitrogens with zero attached hydrogens (tertiary/aromatic N) is 1. The van der Waals surface area contributed by atoms with Crippen molar-refractivity contribution < 1.29 is 9.21 Å². The highest BCUT2D eigenvalue weighted by molar-refractivity contribution is 9.10. The third-order valence-electron chi connectivity index (χ3n) is 2.89. The smallest absolute Gasteiger partial charge is 0.238 e. The summed E-state index contributed by atoms with van der Waals surface area (Å²) in [6.07, 6.45) is 0. The molecule has 0 spiro atoms. The minimum Gasteiger partial charge on any atom is -0.453 e. The summed E-state index contributed by atoms with van der Waals surface area (Å²) < 4.78 is 6.19. The van der Waals surface area contributed by atoms with E-state index in [0.29, 0.717) is 13.1 Å². The van der Waals surface area contributed by atoms with Crippen molar-refractivity contribution in [3.63, 3.8) is 0 Å². The van der Waals surface area contributed by atoms with Gasteiger partial charge in [0.2, 0.25) is 5.91 Å². The summed E-state index contributed by atoms with van der Waals surface area (Å²) >= 11 is 3.28. The predicted molar refractivity (Wildman–Crippen MR) is 67.5 cm³/mol. The molecule has 1 saturated heterocycles. The van der Waals surface area contributed by atoms with Crippen molar-refractivity contribution in [1.29, 1.82) is 0 Å². The summed E-state index contributed by atoms with van der Waals surface area (Å²) in [5.41, 5.74) is 0. The highest BCUT2D eigenvalue weighted by atomic mass is 79.9. The van der Waals surface area contributed by atoms with Crippen LogP contribution in [0.3, 0.4) is 0 Å². The molecule has 2 heterocycles. The zero-order valence-electron chi connectivity index (χ0n) is 9.70. The first-order chi connectivity index (χ1) is 8.20. The van der Waals surface area contributed by atoms with Gasteiger partial charge >= 0.3 is 0 Å². The van der Waals surface area contributed by atoms with Gasteiger partial charge in [-0.1, -0.05) is 0 Å². The molecule has 17 heavy (non-hydrogen) atoms. The molecule has 2 N–H and O–H groups in total. The minimum atomic E-state index is -0.127. The highest BCUT2D eigenvalue weighted by Gasteiger charge is 2.28. The molecule has 0 aliphatic carbocycles. The van der Waals surface area contributed by atoms with E-state index in [4.69, 9.17) is 4.42 Å². The van der Waals surface area contributed by atoms with Crippen LogP contribution in [0.5, 0.6) is 0 Å². The third kappa shape index (κ3) is 3.08. The van der Waals surface area contributed by atoms with Gasteiger partial charge in [-0.05, 0) is 28.1 Å². The molecular formula is C11H16BrN3O2. The topological polar surface area (TPSA) is 57.5 Å². The molecule has 0 saturated carbocycles. The van der Waals surface area contributed by atoms with Crippen molar-refractivity contribution in [3.05, 3.63) is 22.6 Å². The van der Waals surface area contributed by atoms with E-state index in [1.165, 1.54) is 0 Å². The number of furan rings is 1. The second kappa shape index (κ2) is 5.66. The number of rotatable bonds is 3. The van der Waals surface area contributed by atoms with Crippen LogP contribution in [0.25, 0.3) is 0 Å². The summed E-state index contributed by atoms with van der Waals surface area (Å²) in [5.74, 6) is 0.912. The molecule has 1 fully saturated rings. The SMILES string of the molecule is CNC(=O)C1CNCCN1Cc1ccc(Br)o1. The largest absolute Gasteiger partial charge is 0.453 e. The number of hydrogen-bond donors (Lipinski definition) is 2. The first-order valence-corrected chi connectivity index (χ1v) is 6.40. The Balaban J connectivity index is 2.03. The highest BCUT2D eigenvalue weighted by Crippen LogP contribution is 2.17. The quantitative estimate of drug-likeness (QED) is 0.857. The Kier molecular flexibility index (Phi) is 4.20. The molecule has 1 aliphatic heterocycles. The Hall–Kier alpha value is -0.850. The van der Waals surface area contributed by atoms with E-state index in [9.17, 15) is 4.79 Å². The van der Waals surface area contributed by atoms with Gasteiger partial charge < -0.3 is 15.1 Å². The van der Waals surface area contributed by atoms with E-state index in [-0.39, 0.29) is 11.9 Å².